The van der Waals surface area contributed by atoms with Crippen LogP contribution >= 0.6 is 0 Å². The van der Waals surface area contributed by atoms with Gasteiger partial charge in [0, 0.05) is 35.1 Å². The van der Waals surface area contributed by atoms with Crippen LogP contribution in [0, 0.1) is 0 Å². The fraction of sp³-hybridized carbons (Fsp3) is 0.515. The average Bonchev–Trinajstić information content (AvgIpc) is 3.38. The number of halogens is 1. The minimum atomic E-state index is -0.740. The molecule has 9 rings (SSSR count). The van der Waals surface area contributed by atoms with E-state index in [1.165, 1.54) is 73.0 Å². The van der Waals surface area contributed by atoms with Gasteiger partial charge < -0.3 is 9.88 Å². The maximum absolute atomic E-state index is 14.4. The molecule has 0 aliphatic heterocycles. The number of nitrogens with one attached hydrogen (secondary N) is 1. The largest absolute Gasteiger partial charge is 0.375 e. The van der Waals surface area contributed by atoms with Crippen LogP contribution in [0.5, 0.6) is 0 Å². The van der Waals surface area contributed by atoms with Crippen molar-refractivity contribution >= 4 is 5.70 Å². The van der Waals surface area contributed by atoms with Crippen molar-refractivity contribution < 1.29 is 4.39 Å². The summed E-state index contributed by atoms with van der Waals surface area (Å²) in [5, 5.41) is 3.95. The maximum Gasteiger partial charge on any atom is 0.151 e. The predicted molar refractivity (Wildman–Crippen MR) is 143 cm³/mol. The molecule has 1 atom stereocenters. The van der Waals surface area contributed by atoms with Crippen LogP contribution < -0.4 is 5.32 Å². The Balaban J connectivity index is 1.21. The Kier molecular flexibility index (Phi) is 3.68. The zero-order valence-corrected chi connectivity index (χ0v) is 21.8. The van der Waals surface area contributed by atoms with Crippen LogP contribution in [-0.2, 0) is 6.54 Å². The number of hydrogen-bond acceptors (Lipinski definition) is 1. The molecule has 4 fully saturated rings. The molecule has 4 bridgehead atoms. The number of nitrogens with zero attached hydrogens (tertiary/aromatic N) is 1. The number of alkyl halides is 1. The summed E-state index contributed by atoms with van der Waals surface area (Å²) in [6.45, 7) is 12.7. The zero-order chi connectivity index (χ0) is 24.2. The van der Waals surface area contributed by atoms with Gasteiger partial charge in [-0.15, -0.1) is 0 Å². The molecule has 2 nitrogen and oxygen atoms in total. The number of fused-ring (bicyclic) bond motifs is 6. The molecule has 4 saturated carbocycles. The fourth-order valence-electron chi connectivity index (χ4n) is 9.08. The van der Waals surface area contributed by atoms with E-state index in [1.54, 1.807) is 39.0 Å². The molecule has 1 heterocycles. The Morgan fingerprint density at radius 3 is 2.28 bits per heavy atom. The standard InChI is InChI=1S/C33H35FN2/c1-5-36-32(14(2)3)25(15(4)35-31-21-12-22(31)20-11-19(20)21)26(18-9-7-16-6-8-17(16)10-18)33(36)27-23-13-24(27)29-28(23)30(29)34/h14,18,27,30-31,35H,4-13H2,1-3H3. The summed E-state index contributed by atoms with van der Waals surface area (Å²) in [5.74, 6) is 1.32. The van der Waals surface area contributed by atoms with Crippen molar-refractivity contribution in [3.05, 3.63) is 84.8 Å². The highest BCUT2D eigenvalue weighted by molar-refractivity contribution is 5.82. The average molecular weight is 479 g/mol. The van der Waals surface area contributed by atoms with Gasteiger partial charge in [-0.2, -0.15) is 0 Å². The first-order valence-corrected chi connectivity index (χ1v) is 14.4. The smallest absolute Gasteiger partial charge is 0.151 e. The first kappa shape index (κ1) is 20.5. The lowest BCUT2D eigenvalue weighted by molar-refractivity contribution is 0.488. The first-order valence-electron chi connectivity index (χ1n) is 14.4. The van der Waals surface area contributed by atoms with E-state index in [2.05, 4.69) is 30.7 Å². The van der Waals surface area contributed by atoms with Crippen LogP contribution in [0.2, 0.25) is 0 Å². The molecule has 0 spiro atoms. The summed E-state index contributed by atoms with van der Waals surface area (Å²) < 4.78 is 17.1. The van der Waals surface area contributed by atoms with E-state index in [9.17, 15) is 4.39 Å². The molecule has 1 unspecified atom stereocenters. The van der Waals surface area contributed by atoms with Crippen LogP contribution in [-0.4, -0.2) is 16.8 Å². The minimum absolute atomic E-state index is 0.343. The number of allylic oxidation sites excluding steroid dienone is 8. The normalized spacial score (nSPS) is 27.5. The second-order valence-electron chi connectivity index (χ2n) is 12.9. The summed E-state index contributed by atoms with van der Waals surface area (Å²) in [6, 6.07) is 0.416. The second-order valence-corrected chi connectivity index (χ2v) is 12.9. The van der Waals surface area contributed by atoms with E-state index in [0.717, 1.165) is 29.8 Å². The topological polar surface area (TPSA) is 17.0 Å². The van der Waals surface area contributed by atoms with Crippen LogP contribution in [0.25, 0.3) is 5.70 Å². The van der Waals surface area contributed by atoms with Gasteiger partial charge >= 0.3 is 0 Å². The van der Waals surface area contributed by atoms with Crippen molar-refractivity contribution in [1.82, 2.24) is 9.88 Å². The van der Waals surface area contributed by atoms with E-state index >= 15 is 0 Å². The van der Waals surface area contributed by atoms with Crippen LogP contribution in [0.4, 0.5) is 4.39 Å². The number of aromatic nitrogens is 1. The predicted octanol–water partition coefficient (Wildman–Crippen LogP) is 7.78. The highest BCUT2D eigenvalue weighted by Gasteiger charge is 2.59. The van der Waals surface area contributed by atoms with Crippen molar-refractivity contribution in [2.45, 2.75) is 109 Å². The molecule has 1 N–H and O–H groups in total. The lowest BCUT2D eigenvalue weighted by atomic mass is 9.67. The van der Waals surface area contributed by atoms with Crippen molar-refractivity contribution in [2.24, 2.45) is 0 Å². The lowest BCUT2D eigenvalue weighted by Gasteiger charge is -2.38. The Bertz CT molecular complexity index is 1460. The quantitative estimate of drug-likeness (QED) is 0.396. The lowest BCUT2D eigenvalue weighted by Crippen LogP contribution is -2.38. The Hall–Kier alpha value is -2.55. The Morgan fingerprint density at radius 2 is 1.69 bits per heavy atom. The van der Waals surface area contributed by atoms with Gasteiger partial charge in [-0.1, -0.05) is 31.6 Å². The van der Waals surface area contributed by atoms with E-state index in [4.69, 9.17) is 6.58 Å². The van der Waals surface area contributed by atoms with Gasteiger partial charge in [0.2, 0.25) is 0 Å². The minimum Gasteiger partial charge on any atom is -0.375 e. The van der Waals surface area contributed by atoms with Gasteiger partial charge in [0.05, 0.1) is 6.04 Å². The summed E-state index contributed by atoms with van der Waals surface area (Å²) in [5.41, 5.74) is 22.1. The van der Waals surface area contributed by atoms with E-state index in [1.807, 2.05) is 0 Å². The summed E-state index contributed by atoms with van der Waals surface area (Å²) in [6.07, 6.45) is 9.12. The monoisotopic (exact) mass is 478 g/mol. The van der Waals surface area contributed by atoms with Crippen LogP contribution in [0.1, 0.15) is 112 Å². The molecule has 184 valence electrons. The molecule has 0 saturated heterocycles. The first-order chi connectivity index (χ1) is 17.5. The Labute approximate surface area is 213 Å². The summed E-state index contributed by atoms with van der Waals surface area (Å²) in [4.78, 5) is 0. The third-order valence-corrected chi connectivity index (χ3v) is 11.0. The molecule has 0 aromatic carbocycles. The molecule has 36 heavy (non-hydrogen) atoms. The van der Waals surface area contributed by atoms with E-state index in [0.29, 0.717) is 23.8 Å². The molecular formula is C33H35FN2. The van der Waals surface area contributed by atoms with Gasteiger partial charge in [0.1, 0.15) is 0 Å². The van der Waals surface area contributed by atoms with Gasteiger partial charge in [0.25, 0.3) is 0 Å². The third kappa shape index (κ3) is 2.27. The van der Waals surface area contributed by atoms with Crippen molar-refractivity contribution in [3.8, 4) is 0 Å². The zero-order valence-electron chi connectivity index (χ0n) is 21.8. The highest BCUT2D eigenvalue weighted by Crippen LogP contribution is 2.69. The number of rotatable bonds is 7. The highest BCUT2D eigenvalue weighted by atomic mass is 19.1. The van der Waals surface area contributed by atoms with Crippen LogP contribution in [0.15, 0.2) is 62.3 Å². The van der Waals surface area contributed by atoms with E-state index < -0.39 is 6.17 Å². The molecular weight excluding hydrogens is 443 g/mol. The van der Waals surface area contributed by atoms with Gasteiger partial charge in [-0.05, 0) is 120 Å². The summed E-state index contributed by atoms with van der Waals surface area (Å²) in [7, 11) is 0. The summed E-state index contributed by atoms with van der Waals surface area (Å²) >= 11 is 0. The van der Waals surface area contributed by atoms with E-state index in [-0.39, 0.29) is 0 Å². The van der Waals surface area contributed by atoms with Crippen molar-refractivity contribution in [2.75, 3.05) is 0 Å². The second kappa shape index (κ2) is 6.47. The molecule has 1 aromatic rings. The molecule has 3 heteroatoms. The fourth-order valence-corrected chi connectivity index (χ4v) is 9.08. The molecule has 0 amide bonds. The molecule has 8 aliphatic rings. The third-order valence-electron chi connectivity index (χ3n) is 11.0. The van der Waals surface area contributed by atoms with Gasteiger partial charge in [-0.3, -0.25) is 0 Å². The van der Waals surface area contributed by atoms with Gasteiger partial charge in [0.15, 0.2) is 6.17 Å². The molecule has 8 aliphatic carbocycles. The van der Waals surface area contributed by atoms with Crippen molar-refractivity contribution in [3.63, 3.8) is 0 Å². The number of hydrogen-bond donors (Lipinski definition) is 1. The molecule has 0 radical (unpaired) electrons. The SMILES string of the molecule is C=C(NC1C2=C3CC3=C1C2)c1c(C2CCC3=C(CC3)C2)c(C2C3=C4C(=C2C3)C4F)n(CC)c1C(C)C. The van der Waals surface area contributed by atoms with Crippen LogP contribution in [0.3, 0.4) is 0 Å². The van der Waals surface area contributed by atoms with Gasteiger partial charge in [-0.25, -0.2) is 4.39 Å². The maximum atomic E-state index is 14.4. The Morgan fingerprint density at radius 1 is 1.00 bits per heavy atom. The molecule has 1 aromatic heterocycles. The van der Waals surface area contributed by atoms with Crippen molar-refractivity contribution in [1.29, 1.82) is 0 Å².